The Morgan fingerprint density at radius 1 is 1.47 bits per heavy atom. The molecule has 0 saturated carbocycles. The summed E-state index contributed by atoms with van der Waals surface area (Å²) < 4.78 is 28.8. The molecule has 1 unspecified atom stereocenters. The Balaban J connectivity index is 2.38. The van der Waals surface area contributed by atoms with Crippen LogP contribution in [0.4, 0.5) is 5.69 Å². The van der Waals surface area contributed by atoms with E-state index in [4.69, 9.17) is 9.88 Å². The first-order chi connectivity index (χ1) is 8.82. The van der Waals surface area contributed by atoms with Crippen LogP contribution in [0.5, 0.6) is 5.75 Å². The summed E-state index contributed by atoms with van der Waals surface area (Å²) in [6, 6.07) is 5.37. The van der Waals surface area contributed by atoms with E-state index in [2.05, 4.69) is 22.6 Å². The van der Waals surface area contributed by atoms with Crippen molar-refractivity contribution in [3.8, 4) is 5.75 Å². The van der Waals surface area contributed by atoms with Crippen molar-refractivity contribution in [3.63, 3.8) is 0 Å². The van der Waals surface area contributed by atoms with Gasteiger partial charge in [0.15, 0.2) is 0 Å². The van der Waals surface area contributed by atoms with Gasteiger partial charge in [0.2, 0.25) is 15.9 Å². The molecule has 1 aliphatic heterocycles. The van der Waals surface area contributed by atoms with Gasteiger partial charge in [-0.05, 0) is 40.8 Å². The molecular formula is C11H13IN2O4S. The molecule has 1 atom stereocenters. The number of carbonyl (C=O) groups excluding carboxylic acids is 1. The van der Waals surface area contributed by atoms with Gasteiger partial charge < -0.3 is 9.64 Å². The summed E-state index contributed by atoms with van der Waals surface area (Å²) in [6.07, 6.45) is -0.0898. The van der Waals surface area contributed by atoms with Gasteiger partial charge in [-0.1, -0.05) is 0 Å². The minimum atomic E-state index is -3.71. The number of nitrogens with two attached hydrogens (primary N) is 1. The van der Waals surface area contributed by atoms with Crippen LogP contribution in [0.25, 0.3) is 0 Å². The number of methoxy groups -OCH3 is 1. The third-order valence-electron chi connectivity index (χ3n) is 2.99. The molecule has 6 nitrogen and oxygen atoms in total. The lowest BCUT2D eigenvalue weighted by atomic mass is 10.2. The van der Waals surface area contributed by atoms with Crippen molar-refractivity contribution in [1.82, 2.24) is 0 Å². The Morgan fingerprint density at radius 3 is 2.68 bits per heavy atom. The van der Waals surface area contributed by atoms with E-state index in [0.29, 0.717) is 11.4 Å². The van der Waals surface area contributed by atoms with E-state index in [0.717, 1.165) is 3.57 Å². The molecule has 1 amide bonds. The normalized spacial score (nSPS) is 19.8. The van der Waals surface area contributed by atoms with Gasteiger partial charge >= 0.3 is 0 Å². The molecule has 0 aromatic heterocycles. The SMILES string of the molecule is COc1ccc(I)cc1N1CC(S(N)(=O)=O)CC1=O. The van der Waals surface area contributed by atoms with Gasteiger partial charge in [0.05, 0.1) is 12.8 Å². The minimum Gasteiger partial charge on any atom is -0.495 e. The number of hydrogen-bond donors (Lipinski definition) is 1. The number of benzene rings is 1. The van der Waals surface area contributed by atoms with Crippen molar-refractivity contribution in [2.75, 3.05) is 18.6 Å². The fraction of sp³-hybridized carbons (Fsp3) is 0.364. The van der Waals surface area contributed by atoms with E-state index in [1.807, 2.05) is 6.07 Å². The number of halogens is 1. The summed E-state index contributed by atoms with van der Waals surface area (Å²) in [6.45, 7) is 0.0636. The van der Waals surface area contributed by atoms with Crippen molar-refractivity contribution in [1.29, 1.82) is 0 Å². The highest BCUT2D eigenvalue weighted by Gasteiger charge is 2.38. The third-order valence-corrected chi connectivity index (χ3v) is 4.90. The Morgan fingerprint density at radius 2 is 2.16 bits per heavy atom. The van der Waals surface area contributed by atoms with Crippen LogP contribution in [0.1, 0.15) is 6.42 Å². The van der Waals surface area contributed by atoms with Gasteiger partial charge in [-0.15, -0.1) is 0 Å². The second kappa shape index (κ2) is 5.25. The number of anilines is 1. The number of sulfonamides is 1. The number of primary sulfonamides is 1. The van der Waals surface area contributed by atoms with Gasteiger partial charge in [0.1, 0.15) is 11.0 Å². The molecule has 1 saturated heterocycles. The minimum absolute atomic E-state index is 0.0636. The number of carbonyl (C=O) groups is 1. The first-order valence-corrected chi connectivity index (χ1v) is 8.17. The van der Waals surface area contributed by atoms with Crippen molar-refractivity contribution in [2.45, 2.75) is 11.7 Å². The summed E-state index contributed by atoms with van der Waals surface area (Å²) in [5.74, 6) is 0.267. The lowest BCUT2D eigenvalue weighted by Crippen LogP contribution is -2.32. The molecule has 0 aliphatic carbocycles. The summed E-state index contributed by atoms with van der Waals surface area (Å²) >= 11 is 2.12. The average molecular weight is 396 g/mol. The van der Waals surface area contributed by atoms with Crippen LogP contribution in [0, 0.1) is 3.57 Å². The van der Waals surface area contributed by atoms with Crippen LogP contribution in [0.3, 0.4) is 0 Å². The maximum Gasteiger partial charge on any atom is 0.228 e. The number of hydrogen-bond acceptors (Lipinski definition) is 4. The number of amides is 1. The Bertz CT molecular complexity index is 617. The summed E-state index contributed by atoms with van der Waals surface area (Å²) in [5, 5.41) is 4.25. The third kappa shape index (κ3) is 3.00. The molecular weight excluding hydrogens is 383 g/mol. The molecule has 104 valence electrons. The monoisotopic (exact) mass is 396 g/mol. The van der Waals surface area contributed by atoms with Crippen molar-refractivity contribution >= 4 is 44.2 Å². The average Bonchev–Trinajstić information content (AvgIpc) is 2.71. The number of nitrogens with zero attached hydrogens (tertiary/aromatic N) is 1. The largest absolute Gasteiger partial charge is 0.495 e. The smallest absolute Gasteiger partial charge is 0.228 e. The van der Waals surface area contributed by atoms with Gasteiger partial charge in [0.25, 0.3) is 0 Å². The van der Waals surface area contributed by atoms with Crippen molar-refractivity contribution < 1.29 is 17.9 Å². The fourth-order valence-electron chi connectivity index (χ4n) is 2.00. The zero-order valence-corrected chi connectivity index (χ0v) is 13.1. The lowest BCUT2D eigenvalue weighted by molar-refractivity contribution is -0.117. The van der Waals surface area contributed by atoms with Crippen LogP contribution < -0.4 is 14.8 Å². The Hall–Kier alpha value is -0.870. The first-order valence-electron chi connectivity index (χ1n) is 5.48. The summed E-state index contributed by atoms with van der Waals surface area (Å²) in [4.78, 5) is 13.4. The van der Waals surface area contributed by atoms with E-state index in [1.54, 1.807) is 12.1 Å². The van der Waals surface area contributed by atoms with E-state index in [1.165, 1.54) is 12.0 Å². The second-order valence-electron chi connectivity index (χ2n) is 4.24. The van der Waals surface area contributed by atoms with Gasteiger partial charge in [0, 0.05) is 16.5 Å². The molecule has 1 aromatic carbocycles. The van der Waals surface area contributed by atoms with Crippen LogP contribution in [-0.2, 0) is 14.8 Å². The summed E-state index contributed by atoms with van der Waals surface area (Å²) in [7, 11) is -2.21. The molecule has 2 N–H and O–H groups in total. The topological polar surface area (TPSA) is 89.7 Å². The Kier molecular flexibility index (Phi) is 4.02. The lowest BCUT2D eigenvalue weighted by Gasteiger charge is -2.19. The van der Waals surface area contributed by atoms with E-state index in [-0.39, 0.29) is 18.9 Å². The molecule has 1 fully saturated rings. The van der Waals surface area contributed by atoms with Crippen LogP contribution in [-0.4, -0.2) is 33.2 Å². The van der Waals surface area contributed by atoms with Crippen LogP contribution >= 0.6 is 22.6 Å². The van der Waals surface area contributed by atoms with Gasteiger partial charge in [-0.2, -0.15) is 0 Å². The second-order valence-corrected chi connectivity index (χ2v) is 7.33. The zero-order chi connectivity index (χ0) is 14.2. The van der Waals surface area contributed by atoms with E-state index < -0.39 is 15.3 Å². The molecule has 1 heterocycles. The van der Waals surface area contributed by atoms with Crippen LogP contribution in [0.15, 0.2) is 18.2 Å². The molecule has 8 heteroatoms. The number of ether oxygens (including phenoxy) is 1. The molecule has 1 aromatic rings. The highest BCUT2D eigenvalue weighted by Crippen LogP contribution is 2.33. The molecule has 19 heavy (non-hydrogen) atoms. The van der Waals surface area contributed by atoms with Gasteiger partial charge in [-0.3, -0.25) is 4.79 Å². The maximum absolute atomic E-state index is 12.0. The van der Waals surface area contributed by atoms with Gasteiger partial charge in [-0.25, -0.2) is 13.6 Å². The number of rotatable bonds is 3. The first kappa shape index (κ1) is 14.5. The van der Waals surface area contributed by atoms with Crippen LogP contribution in [0.2, 0.25) is 0 Å². The molecule has 0 radical (unpaired) electrons. The van der Waals surface area contributed by atoms with Crippen molar-refractivity contribution in [3.05, 3.63) is 21.8 Å². The molecule has 1 aliphatic rings. The zero-order valence-electron chi connectivity index (χ0n) is 10.2. The highest BCUT2D eigenvalue weighted by molar-refractivity contribution is 14.1. The van der Waals surface area contributed by atoms with Crippen molar-refractivity contribution in [2.24, 2.45) is 5.14 Å². The molecule has 0 bridgehead atoms. The Labute approximate surface area is 125 Å². The van der Waals surface area contributed by atoms with E-state index in [9.17, 15) is 13.2 Å². The predicted molar refractivity (Wildman–Crippen MR) is 79.6 cm³/mol. The molecule has 0 spiro atoms. The predicted octanol–water partition coefficient (Wildman–Crippen LogP) is 0.694. The molecule has 2 rings (SSSR count). The quantitative estimate of drug-likeness (QED) is 0.762. The maximum atomic E-state index is 12.0. The fourth-order valence-corrected chi connectivity index (χ4v) is 3.21. The summed E-state index contributed by atoms with van der Waals surface area (Å²) in [5.41, 5.74) is 0.575. The van der Waals surface area contributed by atoms with E-state index >= 15 is 0 Å². The standard InChI is InChI=1S/C11H13IN2O4S/c1-18-10-3-2-7(12)4-9(10)14-6-8(5-11(14)15)19(13,16)17/h2-4,8H,5-6H2,1H3,(H2,13,16,17). The highest BCUT2D eigenvalue weighted by atomic mass is 127.